The van der Waals surface area contributed by atoms with Gasteiger partial charge in [0.15, 0.2) is 0 Å². The average molecular weight is 316 g/mol. The first kappa shape index (κ1) is 17.1. The summed E-state index contributed by atoms with van der Waals surface area (Å²) < 4.78 is 5.27. The number of aromatic hydroxyl groups is 1. The summed E-state index contributed by atoms with van der Waals surface area (Å²) in [4.78, 5) is 13.7. The Bertz CT molecular complexity index is 698. The molecule has 0 aliphatic heterocycles. The van der Waals surface area contributed by atoms with Crippen LogP contribution in [0.4, 0.5) is 0 Å². The molecular weight excluding hydrogens is 292 g/mol. The van der Waals surface area contributed by atoms with Crippen molar-refractivity contribution in [2.24, 2.45) is 0 Å². The van der Waals surface area contributed by atoms with Crippen LogP contribution < -0.4 is 10.1 Å². The van der Waals surface area contributed by atoms with Gasteiger partial charge in [0.25, 0.3) is 0 Å². The molecule has 1 amide bonds. The molecule has 0 atom stereocenters. The number of nitrogens with zero attached hydrogens (tertiary/aromatic N) is 1. The SMILES string of the molecule is COc1ccc2ccc(O)c(CN(C)CC(=O)NC(C)C)c2c1. The largest absolute Gasteiger partial charge is 0.508 e. The second-order valence-electron chi connectivity index (χ2n) is 6.04. The smallest absolute Gasteiger partial charge is 0.234 e. The molecule has 0 radical (unpaired) electrons. The minimum atomic E-state index is -0.0280. The summed E-state index contributed by atoms with van der Waals surface area (Å²) in [5.41, 5.74) is 0.793. The lowest BCUT2D eigenvalue weighted by molar-refractivity contribution is -0.122. The molecule has 2 aromatic carbocycles. The lowest BCUT2D eigenvalue weighted by atomic mass is 10.0. The van der Waals surface area contributed by atoms with Crippen LogP contribution in [-0.2, 0) is 11.3 Å². The predicted molar refractivity (Wildman–Crippen MR) is 91.8 cm³/mol. The fraction of sp³-hybridized carbons (Fsp3) is 0.389. The van der Waals surface area contributed by atoms with Crippen molar-refractivity contribution in [2.75, 3.05) is 20.7 Å². The van der Waals surface area contributed by atoms with Gasteiger partial charge in [0.05, 0.1) is 13.7 Å². The molecular formula is C18H24N2O3. The Kier molecular flexibility index (Phi) is 5.45. The molecule has 0 saturated heterocycles. The number of nitrogens with one attached hydrogen (secondary N) is 1. The van der Waals surface area contributed by atoms with Crippen LogP contribution in [-0.4, -0.2) is 42.7 Å². The van der Waals surface area contributed by atoms with Gasteiger partial charge in [0.1, 0.15) is 11.5 Å². The molecule has 5 nitrogen and oxygen atoms in total. The van der Waals surface area contributed by atoms with Crippen LogP contribution in [0.15, 0.2) is 30.3 Å². The number of methoxy groups -OCH3 is 1. The molecule has 0 aliphatic rings. The normalized spacial score (nSPS) is 11.2. The highest BCUT2D eigenvalue weighted by molar-refractivity contribution is 5.89. The van der Waals surface area contributed by atoms with Crippen molar-refractivity contribution >= 4 is 16.7 Å². The molecule has 0 saturated carbocycles. The van der Waals surface area contributed by atoms with Gasteiger partial charge < -0.3 is 15.2 Å². The van der Waals surface area contributed by atoms with Gasteiger partial charge in [-0.1, -0.05) is 12.1 Å². The maximum absolute atomic E-state index is 11.9. The molecule has 0 unspecified atom stereocenters. The maximum Gasteiger partial charge on any atom is 0.234 e. The van der Waals surface area contributed by atoms with Gasteiger partial charge in [0, 0.05) is 18.2 Å². The van der Waals surface area contributed by atoms with Crippen LogP contribution in [0.25, 0.3) is 10.8 Å². The third-order valence-corrected chi connectivity index (χ3v) is 3.61. The van der Waals surface area contributed by atoms with Gasteiger partial charge in [-0.3, -0.25) is 9.69 Å². The second-order valence-corrected chi connectivity index (χ2v) is 6.04. The number of likely N-dealkylation sites (N-methyl/N-ethyl adjacent to an activating group) is 1. The monoisotopic (exact) mass is 316 g/mol. The zero-order chi connectivity index (χ0) is 17.0. The van der Waals surface area contributed by atoms with Crippen LogP contribution in [0, 0.1) is 0 Å². The summed E-state index contributed by atoms with van der Waals surface area (Å²) >= 11 is 0. The fourth-order valence-electron chi connectivity index (χ4n) is 2.58. The van der Waals surface area contributed by atoms with E-state index in [0.29, 0.717) is 6.54 Å². The van der Waals surface area contributed by atoms with E-state index in [1.807, 2.05) is 50.1 Å². The number of amides is 1. The molecule has 2 rings (SSSR count). The molecule has 0 bridgehead atoms. The van der Waals surface area contributed by atoms with Crippen LogP contribution >= 0.6 is 0 Å². The van der Waals surface area contributed by atoms with E-state index in [4.69, 9.17) is 4.74 Å². The maximum atomic E-state index is 11.9. The van der Waals surface area contributed by atoms with E-state index < -0.39 is 0 Å². The number of hydrogen-bond donors (Lipinski definition) is 2. The average Bonchev–Trinajstić information content (AvgIpc) is 2.48. The molecule has 0 heterocycles. The number of carbonyl (C=O) groups is 1. The standard InChI is InChI=1S/C18H24N2O3/c1-12(2)19-18(22)11-20(3)10-16-15-9-14(23-4)7-5-13(15)6-8-17(16)21/h5-9,12,21H,10-11H2,1-4H3,(H,19,22). The van der Waals surface area contributed by atoms with Crippen molar-refractivity contribution in [2.45, 2.75) is 26.4 Å². The van der Waals surface area contributed by atoms with Gasteiger partial charge in [-0.2, -0.15) is 0 Å². The minimum Gasteiger partial charge on any atom is -0.508 e. The lowest BCUT2D eigenvalue weighted by Gasteiger charge is -2.19. The van der Waals surface area contributed by atoms with Gasteiger partial charge in [-0.05, 0) is 49.9 Å². The van der Waals surface area contributed by atoms with E-state index >= 15 is 0 Å². The van der Waals surface area contributed by atoms with Crippen LogP contribution in [0.1, 0.15) is 19.4 Å². The Morgan fingerprint density at radius 3 is 2.65 bits per heavy atom. The molecule has 0 aliphatic carbocycles. The topological polar surface area (TPSA) is 61.8 Å². The minimum absolute atomic E-state index is 0.0280. The first-order valence-electron chi connectivity index (χ1n) is 7.67. The van der Waals surface area contributed by atoms with Crippen molar-refractivity contribution < 1.29 is 14.6 Å². The van der Waals surface area contributed by atoms with Crippen molar-refractivity contribution in [1.82, 2.24) is 10.2 Å². The van der Waals surface area contributed by atoms with Crippen molar-refractivity contribution in [3.8, 4) is 11.5 Å². The summed E-state index contributed by atoms with van der Waals surface area (Å²) in [5.74, 6) is 0.936. The number of ether oxygens (including phenoxy) is 1. The van der Waals surface area contributed by atoms with E-state index in [-0.39, 0.29) is 24.2 Å². The third kappa shape index (κ3) is 4.36. The fourth-order valence-corrected chi connectivity index (χ4v) is 2.58. The molecule has 2 N–H and O–H groups in total. The van der Waals surface area contributed by atoms with Crippen LogP contribution in [0.2, 0.25) is 0 Å². The molecule has 5 heteroatoms. The van der Waals surface area contributed by atoms with E-state index in [1.54, 1.807) is 13.2 Å². The summed E-state index contributed by atoms with van der Waals surface area (Å²) in [7, 11) is 3.48. The Labute approximate surface area is 136 Å². The molecule has 0 spiro atoms. The van der Waals surface area contributed by atoms with Crippen molar-refractivity contribution in [3.63, 3.8) is 0 Å². The summed E-state index contributed by atoms with van der Waals surface area (Å²) in [6, 6.07) is 9.44. The Hall–Kier alpha value is -2.27. The highest BCUT2D eigenvalue weighted by Crippen LogP contribution is 2.30. The van der Waals surface area contributed by atoms with E-state index in [1.165, 1.54) is 0 Å². The lowest BCUT2D eigenvalue weighted by Crippen LogP contribution is -2.38. The van der Waals surface area contributed by atoms with E-state index in [9.17, 15) is 9.90 Å². The van der Waals surface area contributed by atoms with Gasteiger partial charge >= 0.3 is 0 Å². The number of benzene rings is 2. The Balaban J connectivity index is 2.24. The molecule has 0 fully saturated rings. The van der Waals surface area contributed by atoms with Crippen LogP contribution in [0.5, 0.6) is 11.5 Å². The molecule has 0 aromatic heterocycles. The van der Waals surface area contributed by atoms with E-state index in [0.717, 1.165) is 22.1 Å². The van der Waals surface area contributed by atoms with E-state index in [2.05, 4.69) is 5.32 Å². The zero-order valence-corrected chi connectivity index (χ0v) is 14.1. The number of hydrogen-bond acceptors (Lipinski definition) is 4. The number of fused-ring (bicyclic) bond motifs is 1. The Morgan fingerprint density at radius 2 is 2.00 bits per heavy atom. The summed E-state index contributed by atoms with van der Waals surface area (Å²) in [5, 5.41) is 15.1. The summed E-state index contributed by atoms with van der Waals surface area (Å²) in [6.45, 7) is 4.61. The number of phenols is 1. The van der Waals surface area contributed by atoms with Gasteiger partial charge in [0.2, 0.25) is 5.91 Å². The van der Waals surface area contributed by atoms with Crippen molar-refractivity contribution in [1.29, 1.82) is 0 Å². The first-order valence-corrected chi connectivity index (χ1v) is 7.67. The first-order chi connectivity index (χ1) is 10.9. The van der Waals surface area contributed by atoms with Crippen molar-refractivity contribution in [3.05, 3.63) is 35.9 Å². The van der Waals surface area contributed by atoms with Gasteiger partial charge in [-0.15, -0.1) is 0 Å². The number of phenolic OH excluding ortho intramolecular Hbond substituents is 1. The molecule has 23 heavy (non-hydrogen) atoms. The Morgan fingerprint density at radius 1 is 1.30 bits per heavy atom. The third-order valence-electron chi connectivity index (χ3n) is 3.61. The molecule has 124 valence electrons. The summed E-state index contributed by atoms with van der Waals surface area (Å²) in [6.07, 6.45) is 0. The second kappa shape index (κ2) is 7.33. The highest BCUT2D eigenvalue weighted by atomic mass is 16.5. The predicted octanol–water partition coefficient (Wildman–Crippen LogP) is 2.51. The quantitative estimate of drug-likeness (QED) is 0.859. The highest BCUT2D eigenvalue weighted by Gasteiger charge is 2.13. The van der Waals surface area contributed by atoms with Crippen LogP contribution in [0.3, 0.4) is 0 Å². The number of carbonyl (C=O) groups excluding carboxylic acids is 1. The number of rotatable bonds is 6. The zero-order valence-electron chi connectivity index (χ0n) is 14.1. The van der Waals surface area contributed by atoms with Gasteiger partial charge in [-0.25, -0.2) is 0 Å². The molecule has 2 aromatic rings.